The number of nitrogens with two attached hydrogens (primary N) is 1. The number of rotatable bonds is 5. The van der Waals surface area contributed by atoms with Gasteiger partial charge in [-0.25, -0.2) is 10.2 Å². The monoisotopic (exact) mass is 409 g/mol. The fourth-order valence-corrected chi connectivity index (χ4v) is 3.05. The fraction of sp³-hybridized carbons (Fsp3) is 0. The van der Waals surface area contributed by atoms with E-state index in [2.05, 4.69) is 10.5 Å². The molecule has 0 heterocycles. The van der Waals surface area contributed by atoms with Gasteiger partial charge in [0.05, 0.1) is 11.8 Å². The van der Waals surface area contributed by atoms with Crippen molar-refractivity contribution in [2.75, 3.05) is 5.73 Å². The summed E-state index contributed by atoms with van der Waals surface area (Å²) < 4.78 is 5.51. The van der Waals surface area contributed by atoms with Crippen molar-refractivity contribution in [3.8, 4) is 5.75 Å². The van der Waals surface area contributed by atoms with E-state index in [0.29, 0.717) is 22.6 Å². The molecule has 0 unspecified atom stereocenters. The summed E-state index contributed by atoms with van der Waals surface area (Å²) in [6, 6.07) is 26.6. The number of nitrogen functional groups attached to an aromatic ring is 1. The fourth-order valence-electron chi connectivity index (χ4n) is 3.05. The van der Waals surface area contributed by atoms with Crippen LogP contribution in [0.4, 0.5) is 5.69 Å². The highest BCUT2D eigenvalue weighted by atomic mass is 16.5. The largest absolute Gasteiger partial charge is 0.423 e. The molecule has 0 saturated heterocycles. The molecular formula is C25H19N3O3. The zero-order valence-corrected chi connectivity index (χ0v) is 16.5. The minimum atomic E-state index is -0.422. The molecule has 4 aromatic carbocycles. The van der Waals surface area contributed by atoms with Crippen molar-refractivity contribution in [1.29, 1.82) is 0 Å². The summed E-state index contributed by atoms with van der Waals surface area (Å²) in [5, 5.41) is 5.77. The highest BCUT2D eigenvalue weighted by Crippen LogP contribution is 2.21. The van der Waals surface area contributed by atoms with Crippen LogP contribution in [0.25, 0.3) is 10.8 Å². The topological polar surface area (TPSA) is 93.8 Å². The van der Waals surface area contributed by atoms with E-state index in [4.69, 9.17) is 10.5 Å². The zero-order valence-electron chi connectivity index (χ0n) is 16.5. The maximum atomic E-state index is 12.6. The maximum absolute atomic E-state index is 12.6. The van der Waals surface area contributed by atoms with Gasteiger partial charge in [-0.15, -0.1) is 0 Å². The van der Waals surface area contributed by atoms with E-state index < -0.39 is 5.97 Å². The van der Waals surface area contributed by atoms with Gasteiger partial charge in [-0.05, 0) is 70.9 Å². The third-order valence-corrected chi connectivity index (χ3v) is 4.65. The van der Waals surface area contributed by atoms with Gasteiger partial charge in [-0.1, -0.05) is 36.4 Å². The Balaban J connectivity index is 1.39. The van der Waals surface area contributed by atoms with Gasteiger partial charge in [0.2, 0.25) is 0 Å². The molecule has 31 heavy (non-hydrogen) atoms. The van der Waals surface area contributed by atoms with Crippen molar-refractivity contribution < 1.29 is 14.3 Å². The van der Waals surface area contributed by atoms with Crippen LogP contribution in [0.1, 0.15) is 26.3 Å². The third-order valence-electron chi connectivity index (χ3n) is 4.65. The molecule has 1 amide bonds. The molecule has 0 fully saturated rings. The lowest BCUT2D eigenvalue weighted by atomic mass is 10.0. The van der Waals surface area contributed by atoms with Crippen molar-refractivity contribution in [2.45, 2.75) is 0 Å². The van der Waals surface area contributed by atoms with Gasteiger partial charge in [0.15, 0.2) is 0 Å². The van der Waals surface area contributed by atoms with E-state index in [1.165, 1.54) is 6.21 Å². The van der Waals surface area contributed by atoms with Gasteiger partial charge in [-0.3, -0.25) is 4.79 Å². The Morgan fingerprint density at radius 2 is 1.55 bits per heavy atom. The summed E-state index contributed by atoms with van der Waals surface area (Å²) in [7, 11) is 0. The normalized spacial score (nSPS) is 10.8. The first-order valence-corrected chi connectivity index (χ1v) is 9.59. The van der Waals surface area contributed by atoms with E-state index in [1.807, 2.05) is 36.4 Å². The van der Waals surface area contributed by atoms with Gasteiger partial charge in [0, 0.05) is 11.3 Å². The molecule has 0 aliphatic rings. The minimum absolute atomic E-state index is 0.336. The van der Waals surface area contributed by atoms with Crippen molar-refractivity contribution in [3.63, 3.8) is 0 Å². The number of fused-ring (bicyclic) bond motifs is 1. The van der Waals surface area contributed by atoms with Gasteiger partial charge >= 0.3 is 5.97 Å². The standard InChI is InChI=1S/C25H19N3O3/c26-20-12-10-19(11-13-20)24(29)28-27-16-17-8-14-21(15-9-17)31-25(30)23-7-3-5-18-4-1-2-6-22(18)23/h1-16H,26H2,(H,28,29)/b27-16-. The van der Waals surface area contributed by atoms with Gasteiger partial charge in [0.1, 0.15) is 5.75 Å². The Labute approximate surface area is 179 Å². The van der Waals surface area contributed by atoms with Crippen LogP contribution >= 0.6 is 0 Å². The maximum Gasteiger partial charge on any atom is 0.344 e. The zero-order chi connectivity index (χ0) is 21.6. The number of hydrogen-bond donors (Lipinski definition) is 2. The number of amides is 1. The minimum Gasteiger partial charge on any atom is -0.423 e. The summed E-state index contributed by atoms with van der Waals surface area (Å²) in [6.07, 6.45) is 1.51. The molecule has 0 saturated carbocycles. The summed E-state index contributed by atoms with van der Waals surface area (Å²) in [5.74, 6) is -0.341. The number of carbonyl (C=O) groups is 2. The first-order chi connectivity index (χ1) is 15.1. The molecule has 6 nitrogen and oxygen atoms in total. The summed E-state index contributed by atoms with van der Waals surface area (Å²) in [5.41, 5.74) is 10.4. The van der Waals surface area contributed by atoms with Crippen LogP contribution in [-0.2, 0) is 0 Å². The van der Waals surface area contributed by atoms with E-state index in [-0.39, 0.29) is 5.91 Å². The average molecular weight is 409 g/mol. The number of nitrogens with zero attached hydrogens (tertiary/aromatic N) is 1. The number of esters is 1. The number of anilines is 1. The Morgan fingerprint density at radius 3 is 2.32 bits per heavy atom. The van der Waals surface area contributed by atoms with Gasteiger partial charge < -0.3 is 10.5 Å². The second-order valence-corrected chi connectivity index (χ2v) is 6.81. The Kier molecular flexibility index (Phi) is 5.71. The predicted molar refractivity (Wildman–Crippen MR) is 121 cm³/mol. The molecule has 0 aromatic heterocycles. The predicted octanol–water partition coefficient (Wildman–Crippen LogP) is 4.41. The van der Waals surface area contributed by atoms with E-state index in [9.17, 15) is 9.59 Å². The second-order valence-electron chi connectivity index (χ2n) is 6.81. The highest BCUT2D eigenvalue weighted by molar-refractivity contribution is 6.05. The van der Waals surface area contributed by atoms with Crippen LogP contribution in [0.3, 0.4) is 0 Å². The second kappa shape index (κ2) is 8.92. The first-order valence-electron chi connectivity index (χ1n) is 9.59. The van der Waals surface area contributed by atoms with Crippen LogP contribution in [0, 0.1) is 0 Å². The van der Waals surface area contributed by atoms with Crippen LogP contribution in [0.5, 0.6) is 5.75 Å². The molecule has 6 heteroatoms. The molecule has 0 aliphatic heterocycles. The van der Waals surface area contributed by atoms with E-state index in [0.717, 1.165) is 16.3 Å². The lowest BCUT2D eigenvalue weighted by Gasteiger charge is -2.07. The number of hydrogen-bond acceptors (Lipinski definition) is 5. The Hall–Kier alpha value is -4.45. The van der Waals surface area contributed by atoms with E-state index in [1.54, 1.807) is 54.6 Å². The molecule has 0 spiro atoms. The molecule has 152 valence electrons. The molecular weight excluding hydrogens is 390 g/mol. The van der Waals surface area contributed by atoms with Crippen molar-refractivity contribution in [1.82, 2.24) is 5.43 Å². The molecule has 0 aliphatic carbocycles. The van der Waals surface area contributed by atoms with Crippen molar-refractivity contribution in [3.05, 3.63) is 108 Å². The average Bonchev–Trinajstić information content (AvgIpc) is 2.80. The molecule has 3 N–H and O–H groups in total. The molecule has 0 atom stereocenters. The SMILES string of the molecule is Nc1ccc(C(=O)N/N=C\c2ccc(OC(=O)c3cccc4ccccc34)cc2)cc1. The number of nitrogens with one attached hydrogen (secondary N) is 1. The van der Waals surface area contributed by atoms with Gasteiger partial charge in [-0.2, -0.15) is 5.10 Å². The molecule has 4 rings (SSSR count). The van der Waals surface area contributed by atoms with Crippen LogP contribution < -0.4 is 15.9 Å². The summed E-state index contributed by atoms with van der Waals surface area (Å²) in [4.78, 5) is 24.6. The Morgan fingerprint density at radius 1 is 0.839 bits per heavy atom. The molecule has 0 radical (unpaired) electrons. The number of hydrazone groups is 1. The van der Waals surface area contributed by atoms with Crippen LogP contribution in [0.15, 0.2) is 96.1 Å². The van der Waals surface area contributed by atoms with E-state index >= 15 is 0 Å². The van der Waals surface area contributed by atoms with Crippen molar-refractivity contribution in [2.24, 2.45) is 5.10 Å². The highest BCUT2D eigenvalue weighted by Gasteiger charge is 2.12. The van der Waals surface area contributed by atoms with Crippen LogP contribution in [0.2, 0.25) is 0 Å². The number of ether oxygens (including phenoxy) is 1. The lowest BCUT2D eigenvalue weighted by Crippen LogP contribution is -2.17. The molecule has 4 aromatic rings. The van der Waals surface area contributed by atoms with Gasteiger partial charge in [0.25, 0.3) is 5.91 Å². The first kappa shape index (κ1) is 19.8. The smallest absolute Gasteiger partial charge is 0.344 e. The van der Waals surface area contributed by atoms with Crippen molar-refractivity contribution >= 4 is 34.6 Å². The van der Waals surface area contributed by atoms with Crippen LogP contribution in [-0.4, -0.2) is 18.1 Å². The summed E-state index contributed by atoms with van der Waals surface area (Å²) >= 11 is 0. The number of carbonyl (C=O) groups excluding carboxylic acids is 2. The molecule has 0 bridgehead atoms. The Bertz CT molecular complexity index is 1260. The summed E-state index contributed by atoms with van der Waals surface area (Å²) in [6.45, 7) is 0. The third kappa shape index (κ3) is 4.76. The number of benzene rings is 4. The quantitative estimate of drug-likeness (QED) is 0.168. The lowest BCUT2D eigenvalue weighted by molar-refractivity contribution is 0.0736.